The zero-order chi connectivity index (χ0) is 18.3. The maximum atomic E-state index is 10.8. The maximum absolute atomic E-state index is 10.8. The Bertz CT molecular complexity index is 875. The monoisotopic (exact) mass is 346 g/mol. The molecule has 1 heterocycles. The molecular formula is C24H26O2. The van der Waals surface area contributed by atoms with E-state index >= 15 is 0 Å². The van der Waals surface area contributed by atoms with Crippen molar-refractivity contribution in [1.82, 2.24) is 0 Å². The molecule has 0 aromatic heterocycles. The SMILES string of the molecule is CC1=CC2c3c(O)cc(/C=C/c4ccccc4)cc3OC(C)(C)C2CC1. The number of phenolic OH excluding ortho intramolecular Hbond substituents is 1. The highest BCUT2D eigenvalue weighted by molar-refractivity contribution is 5.72. The fourth-order valence-electron chi connectivity index (χ4n) is 4.40. The topological polar surface area (TPSA) is 29.5 Å². The third-order valence-corrected chi connectivity index (χ3v) is 5.76. The molecule has 2 aliphatic rings. The number of rotatable bonds is 2. The minimum Gasteiger partial charge on any atom is -0.507 e. The van der Waals surface area contributed by atoms with Gasteiger partial charge in [-0.15, -0.1) is 0 Å². The van der Waals surface area contributed by atoms with E-state index in [1.54, 1.807) is 0 Å². The van der Waals surface area contributed by atoms with Gasteiger partial charge in [0.1, 0.15) is 17.1 Å². The predicted molar refractivity (Wildman–Crippen MR) is 107 cm³/mol. The van der Waals surface area contributed by atoms with E-state index < -0.39 is 0 Å². The van der Waals surface area contributed by atoms with Gasteiger partial charge < -0.3 is 9.84 Å². The molecule has 1 aliphatic heterocycles. The molecule has 2 atom stereocenters. The standard InChI is InChI=1S/C24H26O2/c1-16-9-12-20-19(13-16)23-21(25)14-18(15-22(23)26-24(20,2)3)11-10-17-7-5-4-6-8-17/h4-8,10-11,13-15,19-20,25H,9,12H2,1-3H3/b11-10+. The number of allylic oxidation sites excluding steroid dienone is 2. The van der Waals surface area contributed by atoms with E-state index in [1.807, 2.05) is 30.3 Å². The molecule has 2 unspecified atom stereocenters. The van der Waals surface area contributed by atoms with E-state index in [1.165, 1.54) is 5.57 Å². The first kappa shape index (κ1) is 17.0. The first-order chi connectivity index (χ1) is 12.4. The van der Waals surface area contributed by atoms with Crippen molar-refractivity contribution in [3.05, 3.63) is 70.8 Å². The lowest BCUT2D eigenvalue weighted by molar-refractivity contribution is 0.0108. The average Bonchev–Trinajstić information content (AvgIpc) is 2.59. The van der Waals surface area contributed by atoms with Crippen LogP contribution in [0.1, 0.15) is 56.2 Å². The molecule has 2 nitrogen and oxygen atoms in total. The van der Waals surface area contributed by atoms with Crippen molar-refractivity contribution in [2.75, 3.05) is 0 Å². The fourth-order valence-corrected chi connectivity index (χ4v) is 4.40. The van der Waals surface area contributed by atoms with Crippen LogP contribution < -0.4 is 4.74 Å². The quantitative estimate of drug-likeness (QED) is 0.520. The minimum atomic E-state index is -0.233. The molecule has 0 spiro atoms. The van der Waals surface area contributed by atoms with Gasteiger partial charge >= 0.3 is 0 Å². The largest absolute Gasteiger partial charge is 0.507 e. The molecule has 0 saturated heterocycles. The van der Waals surface area contributed by atoms with E-state index in [9.17, 15) is 5.11 Å². The van der Waals surface area contributed by atoms with Gasteiger partial charge in [-0.3, -0.25) is 0 Å². The molecule has 0 amide bonds. The molecule has 2 aromatic rings. The number of ether oxygens (including phenoxy) is 1. The number of benzene rings is 2. The molecule has 0 saturated carbocycles. The normalized spacial score (nSPS) is 23.7. The molecule has 26 heavy (non-hydrogen) atoms. The van der Waals surface area contributed by atoms with Crippen molar-refractivity contribution in [3.8, 4) is 11.5 Å². The van der Waals surface area contributed by atoms with Crippen LogP contribution in [0, 0.1) is 5.92 Å². The van der Waals surface area contributed by atoms with Crippen LogP contribution >= 0.6 is 0 Å². The molecule has 0 bridgehead atoms. The third-order valence-electron chi connectivity index (χ3n) is 5.76. The van der Waals surface area contributed by atoms with Crippen LogP contribution in [0.2, 0.25) is 0 Å². The molecule has 134 valence electrons. The summed E-state index contributed by atoms with van der Waals surface area (Å²) in [5, 5.41) is 10.8. The molecule has 0 radical (unpaired) electrons. The van der Waals surface area contributed by atoms with Gasteiger partial charge in [-0.2, -0.15) is 0 Å². The van der Waals surface area contributed by atoms with Crippen molar-refractivity contribution in [2.45, 2.75) is 45.1 Å². The Kier molecular flexibility index (Phi) is 4.14. The number of hydrogen-bond donors (Lipinski definition) is 1. The second-order valence-electron chi connectivity index (χ2n) is 8.09. The third kappa shape index (κ3) is 3.05. The first-order valence-electron chi connectivity index (χ1n) is 9.40. The van der Waals surface area contributed by atoms with Crippen LogP contribution in [0.5, 0.6) is 11.5 Å². The molecule has 4 rings (SSSR count). The van der Waals surface area contributed by atoms with E-state index in [2.05, 4.69) is 51.1 Å². The van der Waals surface area contributed by atoms with Gasteiger partial charge in [0.2, 0.25) is 0 Å². The van der Waals surface area contributed by atoms with Crippen LogP contribution in [-0.2, 0) is 0 Å². The summed E-state index contributed by atoms with van der Waals surface area (Å²) in [6.45, 7) is 6.53. The Morgan fingerprint density at radius 1 is 1.08 bits per heavy atom. The summed E-state index contributed by atoms with van der Waals surface area (Å²) in [6, 6.07) is 14.1. The Labute approximate surface area is 155 Å². The van der Waals surface area contributed by atoms with Crippen LogP contribution in [0.4, 0.5) is 0 Å². The lowest BCUT2D eigenvalue weighted by Gasteiger charge is -2.46. The van der Waals surface area contributed by atoms with E-state index in [4.69, 9.17) is 4.74 Å². The van der Waals surface area contributed by atoms with Gasteiger partial charge in [0.15, 0.2) is 0 Å². The number of phenols is 1. The van der Waals surface area contributed by atoms with Crippen molar-refractivity contribution in [3.63, 3.8) is 0 Å². The minimum absolute atomic E-state index is 0.231. The molecule has 2 aromatic carbocycles. The number of aromatic hydroxyl groups is 1. The van der Waals surface area contributed by atoms with Crippen molar-refractivity contribution in [1.29, 1.82) is 0 Å². The van der Waals surface area contributed by atoms with Gasteiger partial charge in [0.25, 0.3) is 0 Å². The smallest absolute Gasteiger partial charge is 0.128 e. The van der Waals surface area contributed by atoms with Crippen LogP contribution in [0.3, 0.4) is 0 Å². The van der Waals surface area contributed by atoms with Gasteiger partial charge in [-0.05, 0) is 56.9 Å². The molecular weight excluding hydrogens is 320 g/mol. The van der Waals surface area contributed by atoms with E-state index in [0.29, 0.717) is 11.7 Å². The fraction of sp³-hybridized carbons (Fsp3) is 0.333. The molecule has 0 fully saturated rings. The summed E-state index contributed by atoms with van der Waals surface area (Å²) in [7, 11) is 0. The summed E-state index contributed by atoms with van der Waals surface area (Å²) >= 11 is 0. The second kappa shape index (κ2) is 6.35. The zero-order valence-corrected chi connectivity index (χ0v) is 15.7. The molecule has 1 aliphatic carbocycles. The summed E-state index contributed by atoms with van der Waals surface area (Å²) in [6.07, 6.45) is 8.63. The lowest BCUT2D eigenvalue weighted by Crippen LogP contribution is -2.45. The predicted octanol–water partition coefficient (Wildman–Crippen LogP) is 6.17. The average molecular weight is 346 g/mol. The van der Waals surface area contributed by atoms with Gasteiger partial charge in [0.05, 0.1) is 0 Å². The number of hydrogen-bond acceptors (Lipinski definition) is 2. The molecule has 2 heteroatoms. The Morgan fingerprint density at radius 3 is 2.58 bits per heavy atom. The summed E-state index contributed by atoms with van der Waals surface area (Å²) in [5.74, 6) is 1.78. The maximum Gasteiger partial charge on any atom is 0.128 e. The summed E-state index contributed by atoms with van der Waals surface area (Å²) in [4.78, 5) is 0. The zero-order valence-electron chi connectivity index (χ0n) is 15.7. The summed E-state index contributed by atoms with van der Waals surface area (Å²) < 4.78 is 6.37. The summed E-state index contributed by atoms with van der Waals surface area (Å²) in [5.41, 5.74) is 4.21. The highest BCUT2D eigenvalue weighted by atomic mass is 16.5. The van der Waals surface area contributed by atoms with Gasteiger partial charge in [0, 0.05) is 17.4 Å². The Hall–Kier alpha value is -2.48. The Morgan fingerprint density at radius 2 is 1.81 bits per heavy atom. The van der Waals surface area contributed by atoms with Gasteiger partial charge in [-0.1, -0.05) is 54.1 Å². The number of fused-ring (bicyclic) bond motifs is 3. The van der Waals surface area contributed by atoms with E-state index in [0.717, 1.165) is 35.3 Å². The van der Waals surface area contributed by atoms with Gasteiger partial charge in [-0.25, -0.2) is 0 Å². The second-order valence-corrected chi connectivity index (χ2v) is 8.09. The van der Waals surface area contributed by atoms with Crippen molar-refractivity contribution >= 4 is 12.2 Å². The van der Waals surface area contributed by atoms with Crippen LogP contribution in [0.25, 0.3) is 12.2 Å². The van der Waals surface area contributed by atoms with Crippen molar-refractivity contribution < 1.29 is 9.84 Å². The van der Waals surface area contributed by atoms with E-state index in [-0.39, 0.29) is 11.5 Å². The van der Waals surface area contributed by atoms with Crippen molar-refractivity contribution in [2.24, 2.45) is 5.92 Å². The lowest BCUT2D eigenvalue weighted by atomic mass is 9.68. The molecule has 1 N–H and O–H groups in total. The first-order valence-corrected chi connectivity index (χ1v) is 9.40. The van der Waals surface area contributed by atoms with Crippen LogP contribution in [0.15, 0.2) is 54.1 Å². The highest BCUT2D eigenvalue weighted by Crippen LogP contribution is 2.53. The van der Waals surface area contributed by atoms with Crippen LogP contribution in [-0.4, -0.2) is 10.7 Å². The highest BCUT2D eigenvalue weighted by Gasteiger charge is 2.45. The Balaban J connectivity index is 1.75.